The van der Waals surface area contributed by atoms with Crippen molar-refractivity contribution in [3.05, 3.63) is 89.8 Å². The molecule has 1 aliphatic heterocycles. The van der Waals surface area contributed by atoms with Crippen LogP contribution in [-0.4, -0.2) is 13.0 Å². The van der Waals surface area contributed by atoms with Crippen LogP contribution in [0.2, 0.25) is 0 Å². The zero-order valence-electron chi connectivity index (χ0n) is 14.9. The lowest BCUT2D eigenvalue weighted by atomic mass is 10.1. The van der Waals surface area contributed by atoms with Crippen molar-refractivity contribution in [2.24, 2.45) is 0 Å². The number of benzene rings is 2. The number of carbonyl (C=O) groups excluding carboxylic acids is 1. The van der Waals surface area contributed by atoms with Crippen LogP contribution in [0, 0.1) is 11.3 Å². The topological polar surface area (TPSA) is 62.6 Å². The largest absolute Gasteiger partial charge is 0.457 e. The monoisotopic (exact) mass is 358 g/mol. The summed E-state index contributed by atoms with van der Waals surface area (Å²) in [5.41, 5.74) is 2.58. The van der Waals surface area contributed by atoms with Gasteiger partial charge in [0.1, 0.15) is 18.2 Å². The summed E-state index contributed by atoms with van der Waals surface area (Å²) in [7, 11) is 1.85. The summed E-state index contributed by atoms with van der Waals surface area (Å²) in [6, 6.07) is 16.9. The minimum Gasteiger partial charge on any atom is -0.457 e. The van der Waals surface area contributed by atoms with Crippen LogP contribution in [0.5, 0.6) is 5.75 Å². The first-order valence-corrected chi connectivity index (χ1v) is 8.33. The number of fused-ring (bicyclic) bond motifs is 1. The zero-order valence-corrected chi connectivity index (χ0v) is 14.9. The predicted octanol–water partition coefficient (Wildman–Crippen LogP) is 4.19. The molecule has 5 heteroatoms. The van der Waals surface area contributed by atoms with Gasteiger partial charge < -0.3 is 14.4 Å². The zero-order chi connectivity index (χ0) is 19.2. The fourth-order valence-corrected chi connectivity index (χ4v) is 2.61. The second-order valence-corrected chi connectivity index (χ2v) is 5.85. The van der Waals surface area contributed by atoms with Crippen LogP contribution in [0.25, 0.3) is 6.08 Å². The number of rotatable bonds is 5. The van der Waals surface area contributed by atoms with E-state index in [0.29, 0.717) is 5.88 Å². The molecule has 134 valence electrons. The maximum absolute atomic E-state index is 12.2. The van der Waals surface area contributed by atoms with Crippen molar-refractivity contribution in [1.29, 1.82) is 5.26 Å². The number of nitrogens with zero attached hydrogens (tertiary/aromatic N) is 2. The molecule has 3 rings (SSSR count). The van der Waals surface area contributed by atoms with Crippen molar-refractivity contribution in [1.82, 2.24) is 0 Å². The molecule has 0 aromatic heterocycles. The average molecular weight is 358 g/mol. The Morgan fingerprint density at radius 2 is 2.11 bits per heavy atom. The van der Waals surface area contributed by atoms with E-state index in [4.69, 9.17) is 9.47 Å². The smallest absolute Gasteiger partial charge is 0.349 e. The molecule has 0 aliphatic carbocycles. The van der Waals surface area contributed by atoms with Gasteiger partial charge in [0.05, 0.1) is 5.69 Å². The molecule has 0 saturated heterocycles. The molecule has 0 fully saturated rings. The van der Waals surface area contributed by atoms with Crippen LogP contribution in [0.15, 0.2) is 78.7 Å². The van der Waals surface area contributed by atoms with Gasteiger partial charge in [0.15, 0.2) is 11.6 Å². The molecule has 0 saturated carbocycles. The number of hydrogen-bond acceptors (Lipinski definition) is 5. The van der Waals surface area contributed by atoms with E-state index in [1.54, 1.807) is 12.2 Å². The Labute approximate surface area is 158 Å². The van der Waals surface area contributed by atoms with E-state index < -0.39 is 5.97 Å². The Balaban J connectivity index is 1.68. The van der Waals surface area contributed by atoms with Gasteiger partial charge in [-0.05, 0) is 35.4 Å². The van der Waals surface area contributed by atoms with Gasteiger partial charge in [-0.1, -0.05) is 43.0 Å². The third-order valence-corrected chi connectivity index (χ3v) is 4.06. The highest BCUT2D eigenvalue weighted by atomic mass is 16.5. The number of allylic oxidation sites excluding steroid dienone is 2. The lowest BCUT2D eigenvalue weighted by molar-refractivity contribution is -0.139. The maximum Gasteiger partial charge on any atom is 0.349 e. The van der Waals surface area contributed by atoms with Gasteiger partial charge >= 0.3 is 5.97 Å². The number of para-hydroxylation sites is 2. The van der Waals surface area contributed by atoms with E-state index in [-0.39, 0.29) is 12.2 Å². The van der Waals surface area contributed by atoms with E-state index >= 15 is 0 Å². The number of nitriles is 1. The Morgan fingerprint density at radius 1 is 1.30 bits per heavy atom. The number of carbonyl (C=O) groups is 1. The van der Waals surface area contributed by atoms with Gasteiger partial charge in [-0.3, -0.25) is 0 Å². The Morgan fingerprint density at radius 3 is 2.85 bits per heavy atom. The molecule has 0 bridgehead atoms. The minimum absolute atomic E-state index is 0.0813. The SMILES string of the molecule is C=Cc1cccc(COC(=O)/C(C#N)=C/C=C2\Oc3ccccc3N2C)c1. The van der Waals surface area contributed by atoms with Crippen LogP contribution in [0.4, 0.5) is 5.69 Å². The summed E-state index contributed by atoms with van der Waals surface area (Å²) in [5.74, 6) is 0.565. The molecule has 0 unspecified atom stereocenters. The van der Waals surface area contributed by atoms with Crippen molar-refractivity contribution < 1.29 is 14.3 Å². The molecule has 1 heterocycles. The van der Waals surface area contributed by atoms with E-state index in [1.165, 1.54) is 6.08 Å². The van der Waals surface area contributed by atoms with Gasteiger partial charge in [-0.15, -0.1) is 0 Å². The predicted molar refractivity (Wildman–Crippen MR) is 104 cm³/mol. The molecule has 0 amide bonds. The van der Waals surface area contributed by atoms with Gasteiger partial charge in [-0.25, -0.2) is 4.79 Å². The van der Waals surface area contributed by atoms with E-state index in [2.05, 4.69) is 6.58 Å². The van der Waals surface area contributed by atoms with Gasteiger partial charge in [0.2, 0.25) is 0 Å². The molecule has 0 spiro atoms. The number of esters is 1. The van der Waals surface area contributed by atoms with Gasteiger partial charge in [0, 0.05) is 13.1 Å². The van der Waals surface area contributed by atoms with Crippen molar-refractivity contribution in [2.75, 3.05) is 11.9 Å². The average Bonchev–Trinajstić information content (AvgIpc) is 3.03. The molecule has 27 heavy (non-hydrogen) atoms. The van der Waals surface area contributed by atoms with Crippen LogP contribution in [0.1, 0.15) is 11.1 Å². The van der Waals surface area contributed by atoms with Crippen molar-refractivity contribution in [3.8, 4) is 11.8 Å². The second kappa shape index (κ2) is 8.07. The second-order valence-electron chi connectivity index (χ2n) is 5.85. The first-order valence-electron chi connectivity index (χ1n) is 8.33. The van der Waals surface area contributed by atoms with Crippen LogP contribution >= 0.6 is 0 Å². The molecule has 0 radical (unpaired) electrons. The van der Waals surface area contributed by atoms with Crippen molar-refractivity contribution >= 4 is 17.7 Å². The Bertz CT molecular complexity index is 983. The van der Waals surface area contributed by atoms with Crippen molar-refractivity contribution in [3.63, 3.8) is 0 Å². The van der Waals surface area contributed by atoms with Crippen LogP contribution < -0.4 is 9.64 Å². The lowest BCUT2D eigenvalue weighted by Gasteiger charge is -2.10. The number of ether oxygens (including phenoxy) is 2. The normalized spacial score (nSPS) is 14.3. The summed E-state index contributed by atoms with van der Waals surface area (Å²) in [6.45, 7) is 3.79. The summed E-state index contributed by atoms with van der Waals surface area (Å²) in [6.07, 6.45) is 4.70. The highest BCUT2D eigenvalue weighted by Crippen LogP contribution is 2.37. The molecule has 1 aliphatic rings. The standard InChI is InChI=1S/C22H18N2O3/c1-3-16-7-6-8-17(13-16)15-26-22(25)18(14-23)11-12-21-24(2)19-9-4-5-10-20(19)27-21/h3-13H,1,15H2,2H3/b18-11+,21-12-. The Kier molecular flexibility index (Phi) is 5.38. The molecule has 5 nitrogen and oxygen atoms in total. The summed E-state index contributed by atoms with van der Waals surface area (Å²) in [5, 5.41) is 9.27. The fourth-order valence-electron chi connectivity index (χ4n) is 2.61. The maximum atomic E-state index is 12.2. The van der Waals surface area contributed by atoms with E-state index in [1.807, 2.05) is 66.5 Å². The summed E-state index contributed by atoms with van der Waals surface area (Å²) in [4.78, 5) is 14.0. The highest BCUT2D eigenvalue weighted by Gasteiger charge is 2.22. The quantitative estimate of drug-likeness (QED) is 0.455. The van der Waals surface area contributed by atoms with Crippen molar-refractivity contribution in [2.45, 2.75) is 6.61 Å². The Hall–Kier alpha value is -3.78. The fraction of sp³-hybridized carbons (Fsp3) is 0.0909. The first-order chi connectivity index (χ1) is 13.1. The third kappa shape index (κ3) is 4.07. The third-order valence-electron chi connectivity index (χ3n) is 4.06. The van der Waals surface area contributed by atoms with E-state index in [9.17, 15) is 10.1 Å². The summed E-state index contributed by atoms with van der Waals surface area (Å²) < 4.78 is 11.0. The van der Waals surface area contributed by atoms with Crippen LogP contribution in [-0.2, 0) is 16.1 Å². The van der Waals surface area contributed by atoms with Gasteiger partial charge in [0.25, 0.3) is 0 Å². The number of hydrogen-bond donors (Lipinski definition) is 0. The molecule has 0 N–H and O–H groups in total. The lowest BCUT2D eigenvalue weighted by Crippen LogP contribution is -2.13. The highest BCUT2D eigenvalue weighted by molar-refractivity contribution is 5.93. The first kappa shape index (κ1) is 18.0. The summed E-state index contributed by atoms with van der Waals surface area (Å²) >= 11 is 0. The molecular weight excluding hydrogens is 340 g/mol. The van der Waals surface area contributed by atoms with Crippen LogP contribution in [0.3, 0.4) is 0 Å². The molecular formula is C22H18N2O3. The molecule has 2 aromatic carbocycles. The minimum atomic E-state index is -0.684. The van der Waals surface area contributed by atoms with Gasteiger partial charge in [-0.2, -0.15) is 5.26 Å². The molecule has 0 atom stereocenters. The molecule has 2 aromatic rings. The number of anilines is 1. The van der Waals surface area contributed by atoms with E-state index in [0.717, 1.165) is 22.6 Å².